The average molecular weight is 287 g/mol. The largest absolute Gasteiger partial charge is 0.478 e. The Balaban J connectivity index is 2.17. The summed E-state index contributed by atoms with van der Waals surface area (Å²) in [5, 5.41) is 11.6. The summed E-state index contributed by atoms with van der Waals surface area (Å²) in [5.41, 5.74) is 0.410. The second kappa shape index (κ2) is 6.42. The summed E-state index contributed by atoms with van der Waals surface area (Å²) in [6, 6.07) is 12.8. The van der Waals surface area contributed by atoms with Gasteiger partial charge >= 0.3 is 5.97 Å². The van der Waals surface area contributed by atoms with Crippen molar-refractivity contribution in [3.8, 4) is 11.5 Å². The van der Waals surface area contributed by atoms with Crippen LogP contribution in [0.4, 0.5) is 5.69 Å². The number of carbonyl (C=O) groups is 2. The van der Waals surface area contributed by atoms with Gasteiger partial charge in [-0.1, -0.05) is 24.3 Å². The number of benzene rings is 2. The van der Waals surface area contributed by atoms with E-state index in [2.05, 4.69) is 5.32 Å². The van der Waals surface area contributed by atoms with Gasteiger partial charge in [0.25, 0.3) is 0 Å². The molecule has 0 aliphatic heterocycles. The van der Waals surface area contributed by atoms with Gasteiger partial charge in [0.15, 0.2) is 5.75 Å². The van der Waals surface area contributed by atoms with Gasteiger partial charge in [-0.25, -0.2) is 4.79 Å². The third-order valence-electron chi connectivity index (χ3n) is 2.54. The van der Waals surface area contributed by atoms with Crippen LogP contribution < -0.4 is 15.1 Å². The molecule has 2 aromatic carbocycles. The van der Waals surface area contributed by atoms with Crippen molar-refractivity contribution in [2.75, 3.05) is 5.32 Å². The number of hydrogen-bond acceptors (Lipinski definition) is 4. The van der Waals surface area contributed by atoms with E-state index < -0.39 is 5.97 Å². The Kier molecular flexibility index (Phi) is 4.40. The molecule has 0 unspecified atom stereocenters. The van der Waals surface area contributed by atoms with Crippen molar-refractivity contribution < 1.29 is 24.5 Å². The molecule has 0 saturated heterocycles. The van der Waals surface area contributed by atoms with Crippen LogP contribution in [0.1, 0.15) is 17.3 Å². The lowest BCUT2D eigenvalue weighted by molar-refractivity contribution is -0.114. The second-order valence-electron chi connectivity index (χ2n) is 4.15. The Morgan fingerprint density at radius 1 is 0.952 bits per heavy atom. The summed E-state index contributed by atoms with van der Waals surface area (Å²) in [7, 11) is 0. The maximum Gasteiger partial charge on any atom is 0.339 e. The zero-order valence-corrected chi connectivity index (χ0v) is 11.2. The smallest absolute Gasteiger partial charge is 0.339 e. The minimum atomic E-state index is -1.12. The standard InChI is InChI=1S/C15H13NO5/c1-10(17)16-12-7-3-5-9-14(12)21-20-13-8-4-2-6-11(13)15(18)19/h2-9H,1H3,(H,16,17)(H,18,19). The minimum Gasteiger partial charge on any atom is -0.478 e. The predicted molar refractivity (Wildman–Crippen MR) is 75.4 cm³/mol. The number of para-hydroxylation sites is 3. The zero-order chi connectivity index (χ0) is 15.2. The van der Waals surface area contributed by atoms with Gasteiger partial charge in [-0.15, -0.1) is 0 Å². The fourth-order valence-corrected chi connectivity index (χ4v) is 1.64. The average Bonchev–Trinajstić information content (AvgIpc) is 2.46. The quantitative estimate of drug-likeness (QED) is 0.652. The number of anilines is 1. The first-order chi connectivity index (χ1) is 10.1. The fourth-order valence-electron chi connectivity index (χ4n) is 1.64. The normalized spacial score (nSPS) is 9.76. The maximum atomic E-state index is 11.1. The van der Waals surface area contributed by atoms with Gasteiger partial charge in [-0.3, -0.25) is 14.6 Å². The zero-order valence-electron chi connectivity index (χ0n) is 11.2. The number of rotatable bonds is 5. The van der Waals surface area contributed by atoms with Crippen LogP contribution in [0.25, 0.3) is 0 Å². The van der Waals surface area contributed by atoms with Crippen molar-refractivity contribution in [2.45, 2.75) is 6.92 Å². The van der Waals surface area contributed by atoms with E-state index >= 15 is 0 Å². The maximum absolute atomic E-state index is 11.1. The summed E-state index contributed by atoms with van der Waals surface area (Å²) in [5.74, 6) is -1.03. The topological polar surface area (TPSA) is 84.9 Å². The molecule has 21 heavy (non-hydrogen) atoms. The fraction of sp³-hybridized carbons (Fsp3) is 0.0667. The number of hydrogen-bond donors (Lipinski definition) is 2. The molecule has 6 heteroatoms. The van der Waals surface area contributed by atoms with Crippen molar-refractivity contribution in [2.24, 2.45) is 0 Å². The molecule has 0 bridgehead atoms. The van der Waals surface area contributed by atoms with E-state index in [1.807, 2.05) is 0 Å². The van der Waals surface area contributed by atoms with Crippen molar-refractivity contribution in [3.63, 3.8) is 0 Å². The van der Waals surface area contributed by atoms with E-state index in [0.717, 1.165) is 0 Å². The molecule has 6 nitrogen and oxygen atoms in total. The van der Waals surface area contributed by atoms with Crippen LogP contribution in [0.5, 0.6) is 11.5 Å². The molecule has 1 amide bonds. The molecular weight excluding hydrogens is 274 g/mol. The van der Waals surface area contributed by atoms with E-state index in [0.29, 0.717) is 5.69 Å². The first-order valence-electron chi connectivity index (χ1n) is 6.11. The van der Waals surface area contributed by atoms with Gasteiger partial charge in [-0.2, -0.15) is 0 Å². The summed E-state index contributed by atoms with van der Waals surface area (Å²) in [6.45, 7) is 1.37. The molecule has 0 aromatic heterocycles. The van der Waals surface area contributed by atoms with Crippen LogP contribution in [0.3, 0.4) is 0 Å². The molecule has 0 aliphatic carbocycles. The number of carboxylic acids is 1. The predicted octanol–water partition coefficient (Wildman–Crippen LogP) is 2.72. The Hall–Kier alpha value is -3.02. The van der Waals surface area contributed by atoms with Gasteiger partial charge < -0.3 is 10.4 Å². The van der Waals surface area contributed by atoms with E-state index in [9.17, 15) is 9.59 Å². The Morgan fingerprint density at radius 2 is 1.52 bits per heavy atom. The van der Waals surface area contributed by atoms with Crippen molar-refractivity contribution >= 4 is 17.6 Å². The molecule has 0 fully saturated rings. The summed E-state index contributed by atoms with van der Waals surface area (Å²) >= 11 is 0. The highest BCUT2D eigenvalue weighted by Gasteiger charge is 2.13. The molecule has 0 spiro atoms. The van der Waals surface area contributed by atoms with Crippen molar-refractivity contribution in [1.29, 1.82) is 0 Å². The second-order valence-corrected chi connectivity index (χ2v) is 4.15. The number of aromatic carboxylic acids is 1. The van der Waals surface area contributed by atoms with Crippen LogP contribution in [-0.2, 0) is 4.79 Å². The third-order valence-corrected chi connectivity index (χ3v) is 2.54. The molecule has 2 N–H and O–H groups in total. The summed E-state index contributed by atoms with van der Waals surface area (Å²) in [6.07, 6.45) is 0. The molecular formula is C15H13NO5. The SMILES string of the molecule is CC(=O)Nc1ccccc1OOc1ccccc1C(=O)O. The highest BCUT2D eigenvalue weighted by atomic mass is 17.2. The van der Waals surface area contributed by atoms with Gasteiger partial charge in [0.05, 0.1) is 5.69 Å². The third kappa shape index (κ3) is 3.73. The summed E-state index contributed by atoms with van der Waals surface area (Å²) in [4.78, 5) is 32.4. The Labute approximate surface area is 120 Å². The van der Waals surface area contributed by atoms with Gasteiger partial charge in [0, 0.05) is 6.92 Å². The number of amides is 1. The lowest BCUT2D eigenvalue weighted by atomic mass is 10.2. The molecule has 0 heterocycles. The monoisotopic (exact) mass is 287 g/mol. The summed E-state index contributed by atoms with van der Waals surface area (Å²) < 4.78 is 0. The van der Waals surface area contributed by atoms with Crippen LogP contribution >= 0.6 is 0 Å². The highest BCUT2D eigenvalue weighted by Crippen LogP contribution is 2.26. The number of carboxylic acid groups (broad SMARTS) is 1. The van der Waals surface area contributed by atoms with Crippen molar-refractivity contribution in [1.82, 2.24) is 0 Å². The minimum absolute atomic E-state index is 0.0190. The van der Waals surface area contributed by atoms with E-state index in [4.69, 9.17) is 14.9 Å². The van der Waals surface area contributed by atoms with E-state index in [1.165, 1.54) is 19.1 Å². The van der Waals surface area contributed by atoms with Crippen LogP contribution in [0.15, 0.2) is 48.5 Å². The molecule has 108 valence electrons. The van der Waals surface area contributed by atoms with E-state index in [1.54, 1.807) is 36.4 Å². The lowest BCUT2D eigenvalue weighted by Gasteiger charge is -2.11. The molecule has 0 saturated carbocycles. The molecule has 2 aromatic rings. The van der Waals surface area contributed by atoms with E-state index in [-0.39, 0.29) is 23.0 Å². The lowest BCUT2D eigenvalue weighted by Crippen LogP contribution is -2.10. The molecule has 2 rings (SSSR count). The Bertz CT molecular complexity index is 669. The van der Waals surface area contributed by atoms with Gasteiger partial charge in [-0.05, 0) is 24.3 Å². The first-order valence-corrected chi connectivity index (χ1v) is 6.11. The molecule has 0 atom stereocenters. The number of nitrogens with one attached hydrogen (secondary N) is 1. The van der Waals surface area contributed by atoms with Crippen LogP contribution in [0, 0.1) is 0 Å². The molecule has 0 radical (unpaired) electrons. The Morgan fingerprint density at radius 3 is 2.19 bits per heavy atom. The molecule has 0 aliphatic rings. The van der Waals surface area contributed by atoms with Crippen molar-refractivity contribution in [3.05, 3.63) is 54.1 Å². The highest BCUT2D eigenvalue weighted by molar-refractivity contribution is 5.91. The number of carbonyl (C=O) groups excluding carboxylic acids is 1. The van der Waals surface area contributed by atoms with Gasteiger partial charge in [0.2, 0.25) is 11.7 Å². The van der Waals surface area contributed by atoms with Gasteiger partial charge in [0.1, 0.15) is 5.56 Å². The first kappa shape index (κ1) is 14.4. The van der Waals surface area contributed by atoms with Crippen LogP contribution in [-0.4, -0.2) is 17.0 Å². The van der Waals surface area contributed by atoms with Crippen LogP contribution in [0.2, 0.25) is 0 Å².